The number of rotatable bonds is 5. The van der Waals surface area contributed by atoms with Crippen LogP contribution in [0.15, 0.2) is 27.1 Å². The van der Waals surface area contributed by atoms with Gasteiger partial charge in [-0.15, -0.1) is 0 Å². The lowest BCUT2D eigenvalue weighted by atomic mass is 10.2. The van der Waals surface area contributed by atoms with Gasteiger partial charge in [0.25, 0.3) is 5.91 Å². The lowest BCUT2D eigenvalue weighted by Gasteiger charge is -2.23. The van der Waals surface area contributed by atoms with Gasteiger partial charge in [0.05, 0.1) is 5.56 Å². The van der Waals surface area contributed by atoms with Crippen LogP contribution in [0.25, 0.3) is 0 Å². The summed E-state index contributed by atoms with van der Waals surface area (Å²) >= 11 is 6.90. The van der Waals surface area contributed by atoms with Crippen LogP contribution in [0.2, 0.25) is 0 Å². The van der Waals surface area contributed by atoms with E-state index in [0.717, 1.165) is 46.7 Å². The number of hydrogen-bond acceptors (Lipinski definition) is 1. The third-order valence-corrected chi connectivity index (χ3v) is 4.34. The molecule has 2 nitrogen and oxygen atoms in total. The van der Waals surface area contributed by atoms with Crippen molar-refractivity contribution in [2.45, 2.75) is 38.6 Å². The fraction of sp³-hybridized carbons (Fsp3) is 0.500. The Hall–Kier alpha value is -0.350. The Morgan fingerprint density at radius 2 is 2.11 bits per heavy atom. The summed E-state index contributed by atoms with van der Waals surface area (Å²) in [7, 11) is 0. The second kappa shape index (κ2) is 6.20. The zero-order chi connectivity index (χ0) is 13.1. The Labute approximate surface area is 125 Å². The van der Waals surface area contributed by atoms with E-state index in [1.165, 1.54) is 0 Å². The smallest absolute Gasteiger partial charge is 0.255 e. The van der Waals surface area contributed by atoms with E-state index in [1.54, 1.807) is 0 Å². The molecule has 1 aromatic rings. The summed E-state index contributed by atoms with van der Waals surface area (Å²) in [5.41, 5.74) is 0.757. The minimum absolute atomic E-state index is 0.152. The Morgan fingerprint density at radius 3 is 2.72 bits per heavy atom. The number of amides is 1. The summed E-state index contributed by atoms with van der Waals surface area (Å²) in [6.45, 7) is 3.03. The summed E-state index contributed by atoms with van der Waals surface area (Å²) in [6, 6.07) is 6.22. The molecular weight excluding hydrogens is 358 g/mol. The third-order valence-electron chi connectivity index (χ3n) is 3.16. The van der Waals surface area contributed by atoms with Gasteiger partial charge in [0, 0.05) is 21.5 Å². The van der Waals surface area contributed by atoms with Crippen LogP contribution >= 0.6 is 31.9 Å². The number of hydrogen-bond donors (Lipinski definition) is 0. The van der Waals surface area contributed by atoms with Crippen LogP contribution in [0, 0.1) is 0 Å². The molecular formula is C14H17Br2NO. The Kier molecular flexibility index (Phi) is 4.84. The van der Waals surface area contributed by atoms with Crippen LogP contribution in [-0.4, -0.2) is 23.4 Å². The van der Waals surface area contributed by atoms with Gasteiger partial charge in [-0.05, 0) is 53.4 Å². The molecule has 1 fully saturated rings. The van der Waals surface area contributed by atoms with Crippen molar-refractivity contribution in [1.29, 1.82) is 0 Å². The molecule has 1 aliphatic rings. The number of halogens is 2. The molecule has 4 heteroatoms. The van der Waals surface area contributed by atoms with Crippen molar-refractivity contribution < 1.29 is 4.79 Å². The second-order valence-corrected chi connectivity index (χ2v) is 6.48. The average Bonchev–Trinajstić information content (AvgIpc) is 3.17. The molecule has 0 spiro atoms. The second-order valence-electron chi connectivity index (χ2n) is 4.71. The molecule has 1 amide bonds. The van der Waals surface area contributed by atoms with Crippen molar-refractivity contribution in [3.63, 3.8) is 0 Å². The van der Waals surface area contributed by atoms with Gasteiger partial charge in [0.15, 0.2) is 0 Å². The number of benzene rings is 1. The summed E-state index contributed by atoms with van der Waals surface area (Å²) in [4.78, 5) is 14.6. The summed E-state index contributed by atoms with van der Waals surface area (Å²) in [5, 5.41) is 0. The predicted molar refractivity (Wildman–Crippen MR) is 80.8 cm³/mol. The number of carbonyl (C=O) groups excluding carboxylic acids is 1. The van der Waals surface area contributed by atoms with Crippen molar-refractivity contribution >= 4 is 37.8 Å². The molecule has 0 bridgehead atoms. The van der Waals surface area contributed by atoms with Crippen LogP contribution in [0.1, 0.15) is 43.0 Å². The highest BCUT2D eigenvalue weighted by molar-refractivity contribution is 9.11. The van der Waals surface area contributed by atoms with E-state index < -0.39 is 0 Å². The van der Waals surface area contributed by atoms with Crippen LogP contribution in [0.4, 0.5) is 0 Å². The maximum absolute atomic E-state index is 12.6. The van der Waals surface area contributed by atoms with Gasteiger partial charge in [-0.2, -0.15) is 0 Å². The van der Waals surface area contributed by atoms with Crippen LogP contribution in [0.3, 0.4) is 0 Å². The maximum Gasteiger partial charge on any atom is 0.255 e. The van der Waals surface area contributed by atoms with E-state index in [0.29, 0.717) is 6.04 Å². The topological polar surface area (TPSA) is 20.3 Å². The van der Waals surface area contributed by atoms with Gasteiger partial charge in [-0.3, -0.25) is 4.79 Å². The highest BCUT2D eigenvalue weighted by Crippen LogP contribution is 2.31. The number of carbonyl (C=O) groups is 1. The van der Waals surface area contributed by atoms with Crippen molar-refractivity contribution in [2.24, 2.45) is 0 Å². The standard InChI is InChI=1S/C14H17Br2NO/c1-2-3-8-17(11-5-6-11)14(18)12-9-10(15)4-7-13(12)16/h4,7,9,11H,2-3,5-6,8H2,1H3. The normalized spacial score (nSPS) is 14.6. The van der Waals surface area contributed by atoms with Gasteiger partial charge < -0.3 is 4.90 Å². The molecule has 1 aliphatic carbocycles. The fourth-order valence-electron chi connectivity index (χ4n) is 1.98. The molecule has 0 aliphatic heterocycles. The molecule has 0 aromatic heterocycles. The fourth-order valence-corrected chi connectivity index (χ4v) is 2.76. The van der Waals surface area contributed by atoms with Crippen molar-refractivity contribution in [3.8, 4) is 0 Å². The first-order valence-corrected chi connectivity index (χ1v) is 7.98. The van der Waals surface area contributed by atoms with Crippen molar-refractivity contribution in [2.75, 3.05) is 6.54 Å². The van der Waals surface area contributed by atoms with Crippen LogP contribution < -0.4 is 0 Å². The lowest BCUT2D eigenvalue weighted by Crippen LogP contribution is -2.34. The van der Waals surface area contributed by atoms with E-state index in [9.17, 15) is 4.79 Å². The van der Waals surface area contributed by atoms with Gasteiger partial charge in [-0.25, -0.2) is 0 Å². The van der Waals surface area contributed by atoms with E-state index in [2.05, 4.69) is 38.8 Å². The Balaban J connectivity index is 2.19. The highest BCUT2D eigenvalue weighted by atomic mass is 79.9. The Bertz CT molecular complexity index is 443. The van der Waals surface area contributed by atoms with Crippen molar-refractivity contribution in [1.82, 2.24) is 4.90 Å². The SMILES string of the molecule is CCCCN(C(=O)c1cc(Br)ccc1Br)C1CC1. The zero-order valence-corrected chi connectivity index (χ0v) is 13.6. The molecule has 0 saturated heterocycles. The number of nitrogens with zero attached hydrogens (tertiary/aromatic N) is 1. The molecule has 0 radical (unpaired) electrons. The summed E-state index contributed by atoms with van der Waals surface area (Å²) < 4.78 is 1.82. The minimum Gasteiger partial charge on any atom is -0.336 e. The minimum atomic E-state index is 0.152. The predicted octanol–water partition coefficient (Wildman–Crippen LogP) is 4.62. The van der Waals surface area contributed by atoms with E-state index in [-0.39, 0.29) is 5.91 Å². The van der Waals surface area contributed by atoms with Crippen molar-refractivity contribution in [3.05, 3.63) is 32.7 Å². The quantitative estimate of drug-likeness (QED) is 0.736. The summed E-state index contributed by atoms with van der Waals surface area (Å²) in [5.74, 6) is 0.152. The van der Waals surface area contributed by atoms with Gasteiger partial charge in [0.2, 0.25) is 0 Å². The third kappa shape index (κ3) is 3.35. The van der Waals surface area contributed by atoms with Gasteiger partial charge in [0.1, 0.15) is 0 Å². The van der Waals surface area contributed by atoms with E-state index in [4.69, 9.17) is 0 Å². The molecule has 98 valence electrons. The Morgan fingerprint density at radius 1 is 1.39 bits per heavy atom. The van der Waals surface area contributed by atoms with E-state index in [1.807, 2.05) is 23.1 Å². The van der Waals surface area contributed by atoms with E-state index >= 15 is 0 Å². The van der Waals surface area contributed by atoms with Crippen LogP contribution in [0.5, 0.6) is 0 Å². The van der Waals surface area contributed by atoms with Crippen LogP contribution in [-0.2, 0) is 0 Å². The number of unbranched alkanes of at least 4 members (excludes halogenated alkanes) is 1. The maximum atomic E-state index is 12.6. The first-order chi connectivity index (χ1) is 8.63. The molecule has 1 aromatic carbocycles. The summed E-state index contributed by atoms with van der Waals surface area (Å²) in [6.07, 6.45) is 4.51. The van der Waals surface area contributed by atoms with Gasteiger partial charge in [-0.1, -0.05) is 29.3 Å². The molecule has 1 saturated carbocycles. The molecule has 18 heavy (non-hydrogen) atoms. The molecule has 2 rings (SSSR count). The lowest BCUT2D eigenvalue weighted by molar-refractivity contribution is 0.0739. The molecule has 0 heterocycles. The monoisotopic (exact) mass is 373 g/mol. The average molecular weight is 375 g/mol. The highest BCUT2D eigenvalue weighted by Gasteiger charge is 2.33. The first kappa shape index (κ1) is 14.1. The molecule has 0 atom stereocenters. The molecule has 0 N–H and O–H groups in total. The largest absolute Gasteiger partial charge is 0.336 e. The first-order valence-electron chi connectivity index (χ1n) is 6.39. The molecule has 0 unspecified atom stereocenters. The zero-order valence-electron chi connectivity index (χ0n) is 10.5. The van der Waals surface area contributed by atoms with Gasteiger partial charge >= 0.3 is 0 Å².